The van der Waals surface area contributed by atoms with Crippen LogP contribution in [-0.4, -0.2) is 11.0 Å². The van der Waals surface area contributed by atoms with Crippen molar-refractivity contribution in [3.8, 4) is 6.07 Å². The summed E-state index contributed by atoms with van der Waals surface area (Å²) in [7, 11) is 0. The zero-order chi connectivity index (χ0) is 11.7. The molecule has 0 bridgehead atoms. The van der Waals surface area contributed by atoms with E-state index in [2.05, 4.69) is 0 Å². The number of amides is 1. The van der Waals surface area contributed by atoms with Crippen LogP contribution in [-0.2, 0) is 4.79 Å². The number of rotatable bonds is 1. The fourth-order valence-corrected chi connectivity index (χ4v) is 1.69. The summed E-state index contributed by atoms with van der Waals surface area (Å²) in [6.07, 6.45) is 1.38. The second-order valence-electron chi connectivity index (χ2n) is 3.34. The maximum absolute atomic E-state index is 11.1. The molecule has 0 saturated heterocycles. The minimum Gasteiger partial charge on any atom is -0.507 e. The zero-order valence-electron chi connectivity index (χ0n) is 8.27. The first-order chi connectivity index (χ1) is 7.65. The second kappa shape index (κ2) is 3.55. The molecule has 1 aromatic carbocycles. The van der Waals surface area contributed by atoms with E-state index in [9.17, 15) is 9.90 Å². The first-order valence-corrected chi connectivity index (χ1v) is 4.59. The lowest BCUT2D eigenvalue weighted by molar-refractivity contribution is -0.114. The Kier molecular flexibility index (Phi) is 2.22. The van der Waals surface area contributed by atoms with Crippen LogP contribution < -0.4 is 5.73 Å². The van der Waals surface area contributed by atoms with E-state index >= 15 is 0 Å². The van der Waals surface area contributed by atoms with Crippen LogP contribution in [0.5, 0.6) is 0 Å². The van der Waals surface area contributed by atoms with Crippen molar-refractivity contribution in [1.82, 2.24) is 0 Å². The molecule has 0 spiro atoms. The molecular formula is C12H8N2O2. The molecule has 0 heterocycles. The van der Waals surface area contributed by atoms with Crippen molar-refractivity contribution in [3.05, 3.63) is 47.0 Å². The molecular weight excluding hydrogens is 204 g/mol. The van der Waals surface area contributed by atoms with Gasteiger partial charge in [-0.15, -0.1) is 0 Å². The van der Waals surface area contributed by atoms with Gasteiger partial charge in [0.15, 0.2) is 0 Å². The van der Waals surface area contributed by atoms with Gasteiger partial charge in [-0.2, -0.15) is 5.26 Å². The highest BCUT2D eigenvalue weighted by Crippen LogP contribution is 2.35. The highest BCUT2D eigenvalue weighted by Gasteiger charge is 2.22. The Bertz CT molecular complexity index is 577. The van der Waals surface area contributed by atoms with Crippen LogP contribution in [0, 0.1) is 11.3 Å². The van der Waals surface area contributed by atoms with Crippen LogP contribution in [0.15, 0.2) is 35.9 Å². The number of aliphatic hydroxyl groups is 1. The van der Waals surface area contributed by atoms with E-state index in [1.807, 2.05) is 0 Å². The molecule has 0 fully saturated rings. The molecule has 1 amide bonds. The van der Waals surface area contributed by atoms with Gasteiger partial charge in [0.05, 0.1) is 0 Å². The smallest absolute Gasteiger partial charge is 0.259 e. The Hall–Kier alpha value is -2.54. The highest BCUT2D eigenvalue weighted by molar-refractivity contribution is 6.09. The van der Waals surface area contributed by atoms with Crippen molar-refractivity contribution in [2.75, 3.05) is 0 Å². The van der Waals surface area contributed by atoms with E-state index in [0.29, 0.717) is 16.7 Å². The third-order valence-electron chi connectivity index (χ3n) is 2.40. The molecule has 0 atom stereocenters. The monoisotopic (exact) mass is 212 g/mol. The largest absolute Gasteiger partial charge is 0.507 e. The summed E-state index contributed by atoms with van der Waals surface area (Å²) in [5.74, 6) is -0.752. The van der Waals surface area contributed by atoms with Gasteiger partial charge >= 0.3 is 0 Å². The topological polar surface area (TPSA) is 87.1 Å². The van der Waals surface area contributed by atoms with Crippen molar-refractivity contribution in [2.45, 2.75) is 0 Å². The van der Waals surface area contributed by atoms with Gasteiger partial charge in [-0.3, -0.25) is 4.79 Å². The van der Waals surface area contributed by atoms with Gasteiger partial charge in [0.2, 0.25) is 0 Å². The number of nitriles is 1. The van der Waals surface area contributed by atoms with Crippen LogP contribution >= 0.6 is 0 Å². The van der Waals surface area contributed by atoms with Gasteiger partial charge in [-0.25, -0.2) is 0 Å². The van der Waals surface area contributed by atoms with E-state index in [-0.39, 0.29) is 11.3 Å². The number of benzene rings is 1. The van der Waals surface area contributed by atoms with Crippen molar-refractivity contribution >= 4 is 17.2 Å². The minimum absolute atomic E-state index is 0.0413. The number of primary amides is 1. The lowest BCUT2D eigenvalue weighted by Gasteiger charge is -2.01. The average Bonchev–Trinajstić information content (AvgIpc) is 2.58. The number of aliphatic hydroxyl groups excluding tert-OH is 1. The first-order valence-electron chi connectivity index (χ1n) is 4.59. The molecule has 2 rings (SSSR count). The number of hydrogen-bond donors (Lipinski definition) is 2. The van der Waals surface area contributed by atoms with Crippen molar-refractivity contribution < 1.29 is 9.90 Å². The minimum atomic E-state index is -0.793. The Morgan fingerprint density at radius 3 is 2.50 bits per heavy atom. The Morgan fingerprint density at radius 2 is 1.94 bits per heavy atom. The maximum Gasteiger partial charge on any atom is 0.259 e. The highest BCUT2D eigenvalue weighted by atomic mass is 16.3. The van der Waals surface area contributed by atoms with Crippen LogP contribution in [0.25, 0.3) is 11.3 Å². The molecule has 0 aromatic heterocycles. The zero-order valence-corrected chi connectivity index (χ0v) is 8.27. The van der Waals surface area contributed by atoms with E-state index < -0.39 is 5.91 Å². The van der Waals surface area contributed by atoms with Crippen molar-refractivity contribution in [3.63, 3.8) is 0 Å². The summed E-state index contributed by atoms with van der Waals surface area (Å²) in [5.41, 5.74) is 6.59. The third kappa shape index (κ3) is 1.35. The SMILES string of the molecule is N#C/C(C(N)=O)=C1\C=C(O)c2ccccc21. The van der Waals surface area contributed by atoms with Gasteiger partial charge in [-0.05, 0) is 11.6 Å². The predicted octanol–water partition coefficient (Wildman–Crippen LogP) is 1.36. The number of nitrogens with zero attached hydrogens (tertiary/aromatic N) is 1. The number of nitrogens with two attached hydrogens (primary N) is 1. The third-order valence-corrected chi connectivity index (χ3v) is 2.40. The van der Waals surface area contributed by atoms with Crippen molar-refractivity contribution in [1.29, 1.82) is 5.26 Å². The van der Waals surface area contributed by atoms with Crippen molar-refractivity contribution in [2.24, 2.45) is 5.73 Å². The Morgan fingerprint density at radius 1 is 1.31 bits per heavy atom. The standard InChI is InChI=1S/C12H8N2O2/c13-6-10(12(14)16)9-5-11(15)8-4-2-1-3-7(8)9/h1-5,15H,(H2,14,16)/b10-9-. The molecule has 0 unspecified atom stereocenters. The van der Waals surface area contributed by atoms with Crippen LogP contribution in [0.2, 0.25) is 0 Å². The summed E-state index contributed by atoms with van der Waals surface area (Å²) in [6, 6.07) is 8.72. The molecule has 3 N–H and O–H groups in total. The second-order valence-corrected chi connectivity index (χ2v) is 3.34. The van der Waals surface area contributed by atoms with Gasteiger partial charge in [-0.1, -0.05) is 24.3 Å². The number of carbonyl (C=O) groups excluding carboxylic acids is 1. The molecule has 16 heavy (non-hydrogen) atoms. The summed E-state index contributed by atoms with van der Waals surface area (Å²) in [4.78, 5) is 11.1. The predicted molar refractivity (Wildman–Crippen MR) is 58.8 cm³/mol. The molecule has 1 aromatic rings. The number of carbonyl (C=O) groups is 1. The molecule has 78 valence electrons. The average molecular weight is 212 g/mol. The summed E-state index contributed by atoms with van der Waals surface area (Å²) in [6.45, 7) is 0. The van der Waals surface area contributed by atoms with Gasteiger partial charge in [0.25, 0.3) is 5.91 Å². The molecule has 4 heteroatoms. The maximum atomic E-state index is 11.1. The van der Waals surface area contributed by atoms with Crippen LogP contribution in [0.3, 0.4) is 0 Å². The van der Waals surface area contributed by atoms with E-state index in [4.69, 9.17) is 11.0 Å². The van der Waals surface area contributed by atoms with Gasteiger partial charge < -0.3 is 10.8 Å². The first kappa shape index (κ1) is 9.99. The molecule has 4 nitrogen and oxygen atoms in total. The Labute approximate surface area is 91.9 Å². The van der Waals surface area contributed by atoms with Crippen LogP contribution in [0.4, 0.5) is 0 Å². The summed E-state index contributed by atoms with van der Waals surface area (Å²) < 4.78 is 0. The molecule has 1 aliphatic carbocycles. The normalized spacial score (nSPS) is 16.1. The lowest BCUT2D eigenvalue weighted by atomic mass is 10.0. The van der Waals surface area contributed by atoms with E-state index in [1.165, 1.54) is 6.08 Å². The lowest BCUT2D eigenvalue weighted by Crippen LogP contribution is -2.13. The van der Waals surface area contributed by atoms with Gasteiger partial charge in [0.1, 0.15) is 17.4 Å². The van der Waals surface area contributed by atoms with Gasteiger partial charge in [0, 0.05) is 11.1 Å². The number of fused-ring (bicyclic) bond motifs is 1. The summed E-state index contributed by atoms with van der Waals surface area (Å²) in [5, 5.41) is 18.5. The van der Waals surface area contributed by atoms with E-state index in [0.717, 1.165) is 0 Å². The number of hydrogen-bond acceptors (Lipinski definition) is 3. The summed E-state index contributed by atoms with van der Waals surface area (Å²) >= 11 is 0. The fourth-order valence-electron chi connectivity index (χ4n) is 1.69. The fraction of sp³-hybridized carbons (Fsp3) is 0. The molecule has 0 aliphatic heterocycles. The molecule has 0 radical (unpaired) electrons. The molecule has 0 saturated carbocycles. The molecule has 1 aliphatic rings. The number of allylic oxidation sites excluding steroid dienone is 2. The van der Waals surface area contributed by atoms with E-state index in [1.54, 1.807) is 30.3 Å². The quantitative estimate of drug-likeness (QED) is 0.544. The van der Waals surface area contributed by atoms with Crippen LogP contribution in [0.1, 0.15) is 11.1 Å². The Balaban J connectivity index is 2.73.